The number of hydrogen-bond donors (Lipinski definition) is 0. The van der Waals surface area contributed by atoms with E-state index in [9.17, 15) is 9.59 Å². The normalized spacial score (nSPS) is 20.3. The average Bonchev–Trinajstić information content (AvgIpc) is 2.93. The highest BCUT2D eigenvalue weighted by atomic mass is 16.5. The highest BCUT2D eigenvalue weighted by molar-refractivity contribution is 6.32. The molecule has 1 amide bonds. The van der Waals surface area contributed by atoms with Gasteiger partial charge in [0.15, 0.2) is 11.2 Å². The quantitative estimate of drug-likeness (QED) is 0.621. The van der Waals surface area contributed by atoms with Crippen LogP contribution in [0.1, 0.15) is 21.5 Å². The Morgan fingerprint density at radius 2 is 1.78 bits per heavy atom. The molecule has 0 saturated carbocycles. The van der Waals surface area contributed by atoms with Crippen molar-refractivity contribution in [3.63, 3.8) is 0 Å². The highest BCUT2D eigenvalue weighted by Gasteiger charge is 2.55. The number of amides is 1. The van der Waals surface area contributed by atoms with Gasteiger partial charge in [0, 0.05) is 23.9 Å². The van der Waals surface area contributed by atoms with Crippen LogP contribution in [0.5, 0.6) is 5.75 Å². The van der Waals surface area contributed by atoms with Crippen molar-refractivity contribution in [2.24, 2.45) is 0 Å². The Balaban J connectivity index is 1.89. The Labute approximate surface area is 156 Å². The molecule has 0 N–H and O–H groups in total. The Kier molecular flexibility index (Phi) is 3.11. The third-order valence-corrected chi connectivity index (χ3v) is 5.68. The number of fused-ring (bicyclic) bond motifs is 5. The van der Waals surface area contributed by atoms with Crippen molar-refractivity contribution in [2.45, 2.75) is 5.41 Å². The molecule has 3 aromatic rings. The van der Waals surface area contributed by atoms with E-state index in [0.29, 0.717) is 11.3 Å². The molecular formula is C23H17NO3. The van der Waals surface area contributed by atoms with E-state index in [2.05, 4.69) is 0 Å². The van der Waals surface area contributed by atoms with E-state index in [1.54, 1.807) is 31.2 Å². The lowest BCUT2D eigenvalue weighted by Crippen LogP contribution is -2.45. The highest BCUT2D eigenvalue weighted by Crippen LogP contribution is 2.50. The third-order valence-electron chi connectivity index (χ3n) is 5.68. The summed E-state index contributed by atoms with van der Waals surface area (Å²) in [6.07, 6.45) is 3.65. The van der Waals surface area contributed by atoms with Crippen molar-refractivity contribution in [2.75, 3.05) is 19.1 Å². The SMILES string of the molecule is COc1ccc2ccc3c(c2c1)[C@]1(C=Cc2ccccc2C1=O)C(=O)N3C. The molecule has 5 rings (SSSR count). The minimum atomic E-state index is -1.33. The average molecular weight is 355 g/mol. The maximum atomic E-state index is 13.6. The number of rotatable bonds is 1. The summed E-state index contributed by atoms with van der Waals surface area (Å²) in [5.74, 6) is 0.302. The molecule has 3 aromatic carbocycles. The van der Waals surface area contributed by atoms with Gasteiger partial charge < -0.3 is 9.64 Å². The van der Waals surface area contributed by atoms with Crippen LogP contribution in [0.2, 0.25) is 0 Å². The topological polar surface area (TPSA) is 46.6 Å². The van der Waals surface area contributed by atoms with Crippen LogP contribution in [0.4, 0.5) is 5.69 Å². The zero-order valence-corrected chi connectivity index (χ0v) is 15.0. The van der Waals surface area contributed by atoms with Gasteiger partial charge in [0.05, 0.1) is 7.11 Å². The van der Waals surface area contributed by atoms with Gasteiger partial charge in [0.25, 0.3) is 0 Å². The first-order chi connectivity index (χ1) is 13.1. The molecule has 132 valence electrons. The molecule has 0 radical (unpaired) electrons. The second-order valence-corrected chi connectivity index (χ2v) is 6.97. The summed E-state index contributed by atoms with van der Waals surface area (Å²) in [4.78, 5) is 28.6. The second kappa shape index (κ2) is 5.30. The van der Waals surface area contributed by atoms with E-state index in [-0.39, 0.29) is 11.7 Å². The van der Waals surface area contributed by atoms with Gasteiger partial charge in [0.2, 0.25) is 5.91 Å². The van der Waals surface area contributed by atoms with Gasteiger partial charge >= 0.3 is 0 Å². The fraction of sp³-hybridized carbons (Fsp3) is 0.130. The number of likely N-dealkylation sites (N-methyl/N-ethyl adjacent to an activating group) is 1. The summed E-state index contributed by atoms with van der Waals surface area (Å²) in [6.45, 7) is 0. The molecule has 0 bridgehead atoms. The zero-order valence-electron chi connectivity index (χ0n) is 15.0. The van der Waals surface area contributed by atoms with Crippen molar-refractivity contribution in [1.29, 1.82) is 0 Å². The summed E-state index contributed by atoms with van der Waals surface area (Å²) < 4.78 is 5.39. The molecular weight excluding hydrogens is 338 g/mol. The number of anilines is 1. The van der Waals surface area contributed by atoms with Gasteiger partial charge in [-0.3, -0.25) is 9.59 Å². The Bertz CT molecular complexity index is 1180. The van der Waals surface area contributed by atoms with E-state index in [4.69, 9.17) is 4.74 Å². The molecule has 1 spiro atoms. The number of nitrogens with zero attached hydrogens (tertiary/aromatic N) is 1. The molecule has 4 heteroatoms. The van der Waals surface area contributed by atoms with Crippen molar-refractivity contribution in [1.82, 2.24) is 0 Å². The molecule has 0 unspecified atom stereocenters. The Morgan fingerprint density at radius 3 is 2.59 bits per heavy atom. The number of hydrogen-bond acceptors (Lipinski definition) is 3. The summed E-state index contributed by atoms with van der Waals surface area (Å²) in [7, 11) is 3.34. The zero-order chi connectivity index (χ0) is 18.8. The fourth-order valence-electron chi connectivity index (χ4n) is 4.31. The van der Waals surface area contributed by atoms with Gasteiger partial charge in [-0.2, -0.15) is 0 Å². The molecule has 4 nitrogen and oxygen atoms in total. The first kappa shape index (κ1) is 15.8. The minimum absolute atomic E-state index is 0.175. The minimum Gasteiger partial charge on any atom is -0.497 e. The Hall–Kier alpha value is -3.40. The lowest BCUT2D eigenvalue weighted by Gasteiger charge is -2.28. The van der Waals surface area contributed by atoms with Crippen LogP contribution < -0.4 is 9.64 Å². The molecule has 0 aromatic heterocycles. The number of ether oxygens (including phenoxy) is 1. The van der Waals surface area contributed by atoms with Crippen molar-refractivity contribution < 1.29 is 14.3 Å². The summed E-state index contributed by atoms with van der Waals surface area (Å²) >= 11 is 0. The van der Waals surface area contributed by atoms with Gasteiger partial charge in [-0.15, -0.1) is 0 Å². The largest absolute Gasteiger partial charge is 0.497 e. The van der Waals surface area contributed by atoms with E-state index in [1.807, 2.05) is 54.6 Å². The number of carbonyl (C=O) groups excluding carboxylic acids is 2. The third kappa shape index (κ3) is 1.87. The predicted octanol–water partition coefficient (Wildman–Crippen LogP) is 3.97. The first-order valence-corrected chi connectivity index (χ1v) is 8.80. The van der Waals surface area contributed by atoms with Crippen molar-refractivity contribution in [3.05, 3.63) is 77.4 Å². The number of methoxy groups -OCH3 is 1. The van der Waals surface area contributed by atoms with Crippen LogP contribution in [-0.2, 0) is 10.2 Å². The molecule has 1 aliphatic heterocycles. The van der Waals surface area contributed by atoms with Gasteiger partial charge in [-0.1, -0.05) is 48.6 Å². The van der Waals surface area contributed by atoms with Crippen LogP contribution >= 0.6 is 0 Å². The van der Waals surface area contributed by atoms with Crippen LogP contribution in [0.3, 0.4) is 0 Å². The molecule has 0 saturated heterocycles. The Morgan fingerprint density at radius 1 is 1.00 bits per heavy atom. The maximum Gasteiger partial charge on any atom is 0.249 e. The van der Waals surface area contributed by atoms with Crippen LogP contribution in [0.15, 0.2) is 60.7 Å². The van der Waals surface area contributed by atoms with Gasteiger partial charge in [0.1, 0.15) is 5.75 Å². The number of carbonyl (C=O) groups is 2. The molecule has 1 atom stereocenters. The summed E-state index contributed by atoms with van der Waals surface area (Å²) in [6, 6.07) is 17.0. The van der Waals surface area contributed by atoms with E-state index < -0.39 is 5.41 Å². The lowest BCUT2D eigenvalue weighted by molar-refractivity contribution is -0.120. The van der Waals surface area contributed by atoms with Crippen molar-refractivity contribution in [3.8, 4) is 5.75 Å². The van der Waals surface area contributed by atoms with Crippen molar-refractivity contribution >= 4 is 34.2 Å². The standard InChI is InChI=1S/C23H17NO3/c1-24-19-10-8-15-7-9-16(27-2)13-18(15)20(19)23(22(24)26)12-11-14-5-3-4-6-17(14)21(23)25/h3-13H,1-2H3/t23-/m0/s1. The summed E-state index contributed by atoms with van der Waals surface area (Å²) in [5, 5.41) is 1.83. The molecule has 1 aliphatic carbocycles. The number of ketones is 1. The summed E-state index contributed by atoms with van der Waals surface area (Å²) in [5.41, 5.74) is 1.59. The molecule has 2 aliphatic rings. The molecule has 0 fully saturated rings. The maximum absolute atomic E-state index is 13.6. The fourth-order valence-corrected chi connectivity index (χ4v) is 4.31. The smallest absolute Gasteiger partial charge is 0.249 e. The molecule has 1 heterocycles. The van der Waals surface area contributed by atoms with Crippen LogP contribution in [0.25, 0.3) is 16.8 Å². The molecule has 27 heavy (non-hydrogen) atoms. The first-order valence-electron chi connectivity index (χ1n) is 8.80. The predicted molar refractivity (Wildman–Crippen MR) is 105 cm³/mol. The van der Waals surface area contributed by atoms with Crippen LogP contribution in [-0.4, -0.2) is 25.8 Å². The number of benzene rings is 3. The lowest BCUT2D eigenvalue weighted by atomic mass is 9.70. The van der Waals surface area contributed by atoms with E-state index >= 15 is 0 Å². The number of Topliss-reactive ketones (excluding diaryl/α,β-unsaturated/α-hetero) is 1. The van der Waals surface area contributed by atoms with Crippen LogP contribution in [0, 0.1) is 0 Å². The van der Waals surface area contributed by atoms with E-state index in [1.165, 1.54) is 0 Å². The van der Waals surface area contributed by atoms with Gasteiger partial charge in [-0.25, -0.2) is 0 Å². The van der Waals surface area contributed by atoms with Gasteiger partial charge in [-0.05, 0) is 34.5 Å². The second-order valence-electron chi connectivity index (χ2n) is 6.97. The monoisotopic (exact) mass is 355 g/mol. The van der Waals surface area contributed by atoms with E-state index in [0.717, 1.165) is 27.6 Å².